The number of hydrogen-bond acceptors (Lipinski definition) is 5. The average Bonchev–Trinajstić information content (AvgIpc) is 2.83. The summed E-state index contributed by atoms with van der Waals surface area (Å²) in [4.78, 5) is 27.4. The first-order valence-electron chi connectivity index (χ1n) is 8.07. The van der Waals surface area contributed by atoms with Crippen molar-refractivity contribution in [2.75, 3.05) is 41.4 Å². The van der Waals surface area contributed by atoms with E-state index in [0.29, 0.717) is 30.2 Å². The fourth-order valence-electron chi connectivity index (χ4n) is 2.96. The summed E-state index contributed by atoms with van der Waals surface area (Å²) in [6.45, 7) is 2.42. The van der Waals surface area contributed by atoms with Crippen LogP contribution in [0.15, 0.2) is 29.5 Å². The molecule has 1 aliphatic rings. The molecule has 1 heterocycles. The van der Waals surface area contributed by atoms with Gasteiger partial charge in [0.15, 0.2) is 11.5 Å². The molecule has 7 heteroatoms. The number of quaternary nitrogens is 1. The number of carbonyl (C=O) groups is 2. The molecule has 0 saturated heterocycles. The maximum absolute atomic E-state index is 12.6. The van der Waals surface area contributed by atoms with Gasteiger partial charge in [-0.2, -0.15) is 0 Å². The lowest BCUT2D eigenvalue weighted by molar-refractivity contribution is -0.857. The van der Waals surface area contributed by atoms with Crippen LogP contribution in [-0.4, -0.2) is 63.1 Å². The van der Waals surface area contributed by atoms with Crippen LogP contribution < -0.4 is 14.4 Å². The lowest BCUT2D eigenvalue weighted by atomic mass is 9.95. The quantitative estimate of drug-likeness (QED) is 0.732. The van der Waals surface area contributed by atoms with Gasteiger partial charge in [0.1, 0.15) is 11.5 Å². The molecule has 0 fully saturated rings. The van der Waals surface area contributed by atoms with E-state index in [1.165, 1.54) is 26.0 Å². The van der Waals surface area contributed by atoms with Crippen molar-refractivity contribution in [1.82, 2.24) is 4.90 Å². The van der Waals surface area contributed by atoms with Gasteiger partial charge in [-0.05, 0) is 25.1 Å². The van der Waals surface area contributed by atoms with E-state index in [2.05, 4.69) is 0 Å². The van der Waals surface area contributed by atoms with Gasteiger partial charge in [-0.15, -0.1) is 0 Å². The van der Waals surface area contributed by atoms with E-state index in [0.717, 1.165) is 4.90 Å². The number of methoxy groups -OCH3 is 2. The van der Waals surface area contributed by atoms with E-state index >= 15 is 0 Å². The molecule has 1 atom stereocenters. The number of carbonyl (C=O) groups excluding carboxylic acids is 2. The number of ketones is 1. The summed E-state index contributed by atoms with van der Waals surface area (Å²) >= 11 is 0. The zero-order valence-electron chi connectivity index (χ0n) is 15.3. The van der Waals surface area contributed by atoms with Gasteiger partial charge in [0.05, 0.1) is 53.0 Å². The van der Waals surface area contributed by atoms with Gasteiger partial charge in [-0.3, -0.25) is 9.59 Å². The highest BCUT2D eigenvalue weighted by Crippen LogP contribution is 2.42. The van der Waals surface area contributed by atoms with Crippen molar-refractivity contribution in [3.63, 3.8) is 0 Å². The molecular formula is C18H25N2O5+. The fourth-order valence-corrected chi connectivity index (χ4v) is 2.96. The van der Waals surface area contributed by atoms with Crippen LogP contribution in [0.5, 0.6) is 11.5 Å². The van der Waals surface area contributed by atoms with Gasteiger partial charge in [-0.1, -0.05) is 0 Å². The van der Waals surface area contributed by atoms with Crippen LogP contribution in [0.4, 0.5) is 0 Å². The second-order valence-electron chi connectivity index (χ2n) is 6.28. The second kappa shape index (κ2) is 7.57. The molecule has 1 amide bonds. The number of nitrogens with zero attached hydrogens (tertiary/aromatic N) is 1. The van der Waals surface area contributed by atoms with E-state index in [9.17, 15) is 14.7 Å². The molecule has 0 bridgehead atoms. The summed E-state index contributed by atoms with van der Waals surface area (Å²) in [5.74, 6) is -0.275. The van der Waals surface area contributed by atoms with Crippen LogP contribution in [0.25, 0.3) is 0 Å². The number of Topliss-reactive ketones (excluding diaryl/α,β-unsaturated/α-hetero) is 1. The molecule has 0 saturated carbocycles. The third-order valence-corrected chi connectivity index (χ3v) is 4.27. The predicted octanol–water partition coefficient (Wildman–Crippen LogP) is 0.133. The summed E-state index contributed by atoms with van der Waals surface area (Å²) in [5, 5.41) is 10.3. The summed E-state index contributed by atoms with van der Waals surface area (Å²) in [5.41, 5.74) is 0.698. The second-order valence-corrected chi connectivity index (χ2v) is 6.28. The smallest absolute Gasteiger partial charge is 0.290 e. The number of rotatable bonds is 7. The Labute approximate surface area is 147 Å². The van der Waals surface area contributed by atoms with Crippen molar-refractivity contribution in [2.45, 2.75) is 13.0 Å². The van der Waals surface area contributed by atoms with E-state index in [4.69, 9.17) is 9.47 Å². The molecule has 136 valence electrons. The van der Waals surface area contributed by atoms with E-state index in [-0.39, 0.29) is 11.4 Å². The molecule has 2 rings (SSSR count). The molecule has 1 aliphatic heterocycles. The number of likely N-dealkylation sites (N-methyl/N-ethyl adjacent to an activating group) is 1. The van der Waals surface area contributed by atoms with E-state index in [1.54, 1.807) is 18.2 Å². The number of aliphatic hydroxyl groups is 1. The lowest BCUT2D eigenvalue weighted by Gasteiger charge is -2.28. The molecule has 0 aromatic heterocycles. The highest BCUT2D eigenvalue weighted by atomic mass is 16.5. The molecule has 0 radical (unpaired) electrons. The Morgan fingerprint density at radius 3 is 2.48 bits per heavy atom. The molecule has 7 nitrogen and oxygen atoms in total. The standard InChI is InChI=1S/C18H24N2O5/c1-11(21)15-16(13-10-12(24-4)6-7-14(13)25-5)20(9-8-19(2)3)18(23)17(15)22/h6-7,10,16,22H,8-9H2,1-5H3/p+1/t16-/m0/s1. The highest BCUT2D eigenvalue weighted by Gasteiger charge is 2.43. The van der Waals surface area contributed by atoms with Gasteiger partial charge in [-0.25, -0.2) is 0 Å². The first-order valence-corrected chi connectivity index (χ1v) is 8.07. The average molecular weight is 349 g/mol. The van der Waals surface area contributed by atoms with Crippen LogP contribution in [0.1, 0.15) is 18.5 Å². The minimum Gasteiger partial charge on any atom is -0.503 e. The molecule has 0 aliphatic carbocycles. The van der Waals surface area contributed by atoms with Crippen molar-refractivity contribution < 1.29 is 29.1 Å². The van der Waals surface area contributed by atoms with Crippen LogP contribution in [0.3, 0.4) is 0 Å². The Kier molecular flexibility index (Phi) is 5.69. The topological polar surface area (TPSA) is 80.5 Å². The lowest BCUT2D eigenvalue weighted by Crippen LogP contribution is -3.06. The summed E-state index contributed by atoms with van der Waals surface area (Å²) in [7, 11) is 7.01. The number of aliphatic hydroxyl groups excluding tert-OH is 1. The van der Waals surface area contributed by atoms with Crippen molar-refractivity contribution in [2.24, 2.45) is 0 Å². The third kappa shape index (κ3) is 3.61. The number of hydrogen-bond donors (Lipinski definition) is 2. The molecule has 25 heavy (non-hydrogen) atoms. The van der Waals surface area contributed by atoms with Crippen LogP contribution >= 0.6 is 0 Å². The number of nitrogens with one attached hydrogen (secondary N) is 1. The predicted molar refractivity (Wildman–Crippen MR) is 92.0 cm³/mol. The zero-order chi connectivity index (χ0) is 18.7. The largest absolute Gasteiger partial charge is 0.503 e. The van der Waals surface area contributed by atoms with Gasteiger partial charge in [0.25, 0.3) is 5.91 Å². The minimum atomic E-state index is -0.700. The van der Waals surface area contributed by atoms with Crippen molar-refractivity contribution >= 4 is 11.7 Å². The Balaban J connectivity index is 2.58. The Bertz CT molecular complexity index is 711. The summed E-state index contributed by atoms with van der Waals surface area (Å²) in [6.07, 6.45) is 0. The summed E-state index contributed by atoms with van der Waals surface area (Å²) < 4.78 is 10.7. The monoisotopic (exact) mass is 349 g/mol. The van der Waals surface area contributed by atoms with Crippen LogP contribution in [0.2, 0.25) is 0 Å². The third-order valence-electron chi connectivity index (χ3n) is 4.27. The Morgan fingerprint density at radius 1 is 1.28 bits per heavy atom. The van der Waals surface area contributed by atoms with Crippen molar-refractivity contribution in [1.29, 1.82) is 0 Å². The maximum Gasteiger partial charge on any atom is 0.290 e. The normalized spacial score (nSPS) is 17.4. The van der Waals surface area contributed by atoms with Crippen LogP contribution in [0, 0.1) is 0 Å². The number of benzene rings is 1. The highest BCUT2D eigenvalue weighted by molar-refractivity contribution is 6.08. The molecule has 0 spiro atoms. The van der Waals surface area contributed by atoms with E-state index < -0.39 is 17.7 Å². The zero-order valence-corrected chi connectivity index (χ0v) is 15.3. The summed E-state index contributed by atoms with van der Waals surface area (Å²) in [6, 6.07) is 4.49. The first-order chi connectivity index (χ1) is 11.8. The molecule has 1 aromatic carbocycles. The van der Waals surface area contributed by atoms with Gasteiger partial charge in [0, 0.05) is 5.56 Å². The van der Waals surface area contributed by atoms with Gasteiger partial charge >= 0.3 is 0 Å². The van der Waals surface area contributed by atoms with Crippen molar-refractivity contribution in [3.05, 3.63) is 35.1 Å². The molecule has 2 N–H and O–H groups in total. The van der Waals surface area contributed by atoms with Gasteiger partial charge in [0.2, 0.25) is 0 Å². The Morgan fingerprint density at radius 2 is 1.96 bits per heavy atom. The van der Waals surface area contributed by atoms with E-state index in [1.807, 2.05) is 14.1 Å². The number of amides is 1. The molecule has 1 aromatic rings. The maximum atomic E-state index is 12.6. The first kappa shape index (κ1) is 18.8. The fraction of sp³-hybridized carbons (Fsp3) is 0.444. The molecule has 0 unspecified atom stereocenters. The Hall–Kier alpha value is -2.54. The SMILES string of the molecule is COc1ccc(OC)c([C@H]2C(C(C)=O)=C(O)C(=O)N2CC[NH+](C)C)c1. The van der Waals surface area contributed by atoms with Crippen LogP contribution in [-0.2, 0) is 9.59 Å². The number of ether oxygens (including phenoxy) is 2. The van der Waals surface area contributed by atoms with Gasteiger partial charge < -0.3 is 24.4 Å². The molecular weight excluding hydrogens is 324 g/mol. The van der Waals surface area contributed by atoms with Crippen molar-refractivity contribution in [3.8, 4) is 11.5 Å². The minimum absolute atomic E-state index is 0.0882.